The summed E-state index contributed by atoms with van der Waals surface area (Å²) in [5.74, 6) is 0. The first-order chi connectivity index (χ1) is 12.5. The van der Waals surface area contributed by atoms with Crippen molar-refractivity contribution in [1.29, 1.82) is 0 Å². The molecule has 0 fully saturated rings. The number of aryl methyl sites for hydroxylation is 1. The van der Waals surface area contributed by atoms with Crippen LogP contribution in [-0.4, -0.2) is 31.1 Å². The third-order valence-electron chi connectivity index (χ3n) is 4.05. The number of hydrazone groups is 2. The van der Waals surface area contributed by atoms with Crippen molar-refractivity contribution in [2.75, 3.05) is 13.6 Å². The van der Waals surface area contributed by atoms with Gasteiger partial charge in [0, 0.05) is 13.8 Å². The van der Waals surface area contributed by atoms with Crippen LogP contribution in [0.2, 0.25) is 0 Å². The van der Waals surface area contributed by atoms with Crippen molar-refractivity contribution in [2.24, 2.45) is 10.2 Å². The maximum Gasteiger partial charge on any atom is 0.0770 e. The number of hydrogen-bond acceptors (Lipinski definition) is 5. The highest BCUT2D eigenvalue weighted by Crippen LogP contribution is 2.35. The molecule has 2 aromatic carbocycles. The smallest absolute Gasteiger partial charge is 0.0770 e. The fourth-order valence-corrected chi connectivity index (χ4v) is 3.63. The minimum Gasteiger partial charge on any atom is -0.383 e. The molecule has 2 rings (SSSR count). The highest BCUT2D eigenvalue weighted by molar-refractivity contribution is 8.03. The quantitative estimate of drug-likeness (QED) is 0.512. The monoisotopic (exact) mass is 366 g/mol. The van der Waals surface area contributed by atoms with Gasteiger partial charge in [0.2, 0.25) is 0 Å². The molecule has 0 saturated carbocycles. The minimum atomic E-state index is 0.133. The maximum absolute atomic E-state index is 4.65. The summed E-state index contributed by atoms with van der Waals surface area (Å²) >= 11 is 1.67. The molecule has 0 bridgehead atoms. The van der Waals surface area contributed by atoms with Crippen LogP contribution < -0.4 is 5.32 Å². The Bertz CT molecular complexity index is 771. The molecule has 0 aliphatic carbocycles. The SMILES string of the molecule is C=NN(CC(SC(=C)NC)c1ccccc1C)/N=C(\C)c1ccccc1. The first kappa shape index (κ1) is 19.8. The molecular weight excluding hydrogens is 340 g/mol. The van der Waals surface area contributed by atoms with Crippen LogP contribution in [0.15, 0.2) is 76.4 Å². The second-order valence-corrected chi connectivity index (χ2v) is 7.18. The molecule has 0 radical (unpaired) electrons. The van der Waals surface area contributed by atoms with Crippen molar-refractivity contribution >= 4 is 24.2 Å². The molecule has 136 valence electrons. The molecule has 1 N–H and O–H groups in total. The minimum absolute atomic E-state index is 0.133. The highest BCUT2D eigenvalue weighted by Gasteiger charge is 2.19. The Morgan fingerprint density at radius 1 is 1.15 bits per heavy atom. The van der Waals surface area contributed by atoms with E-state index in [1.54, 1.807) is 16.9 Å². The van der Waals surface area contributed by atoms with Gasteiger partial charge in [-0.3, -0.25) is 0 Å². The summed E-state index contributed by atoms with van der Waals surface area (Å²) < 4.78 is 0. The summed E-state index contributed by atoms with van der Waals surface area (Å²) in [5.41, 5.74) is 4.46. The molecule has 26 heavy (non-hydrogen) atoms. The first-order valence-electron chi connectivity index (χ1n) is 8.48. The molecule has 0 spiro atoms. The van der Waals surface area contributed by atoms with Crippen LogP contribution in [0.3, 0.4) is 0 Å². The summed E-state index contributed by atoms with van der Waals surface area (Å²) in [6, 6.07) is 18.4. The van der Waals surface area contributed by atoms with Gasteiger partial charge >= 0.3 is 0 Å². The van der Waals surface area contributed by atoms with Gasteiger partial charge in [-0.25, -0.2) is 0 Å². The number of rotatable bonds is 9. The summed E-state index contributed by atoms with van der Waals surface area (Å²) in [7, 11) is 1.88. The van der Waals surface area contributed by atoms with E-state index < -0.39 is 0 Å². The van der Waals surface area contributed by atoms with E-state index >= 15 is 0 Å². The fraction of sp³-hybridized carbons (Fsp3) is 0.238. The molecule has 0 aliphatic heterocycles. The molecule has 5 heteroatoms. The predicted octanol–water partition coefficient (Wildman–Crippen LogP) is 4.80. The Labute approximate surface area is 160 Å². The third kappa shape index (κ3) is 5.49. The lowest BCUT2D eigenvalue weighted by molar-refractivity contribution is 0.308. The summed E-state index contributed by atoms with van der Waals surface area (Å²) in [6.45, 7) is 12.5. The Morgan fingerprint density at radius 3 is 2.42 bits per heavy atom. The maximum atomic E-state index is 4.65. The van der Waals surface area contributed by atoms with Crippen molar-refractivity contribution in [3.8, 4) is 0 Å². The average molecular weight is 367 g/mol. The summed E-state index contributed by atoms with van der Waals surface area (Å²) in [5, 5.41) is 14.6. The highest BCUT2D eigenvalue weighted by atomic mass is 32.2. The number of benzene rings is 2. The van der Waals surface area contributed by atoms with Gasteiger partial charge in [0.15, 0.2) is 0 Å². The van der Waals surface area contributed by atoms with E-state index in [0.717, 1.165) is 16.3 Å². The Kier molecular flexibility index (Phi) is 7.48. The molecule has 0 heterocycles. The van der Waals surface area contributed by atoms with Crippen LogP contribution >= 0.6 is 11.8 Å². The van der Waals surface area contributed by atoms with Crippen molar-refractivity contribution in [3.63, 3.8) is 0 Å². The Balaban J connectivity index is 2.26. The van der Waals surface area contributed by atoms with Gasteiger partial charge in [0.25, 0.3) is 0 Å². The first-order valence-corrected chi connectivity index (χ1v) is 9.36. The van der Waals surface area contributed by atoms with E-state index in [4.69, 9.17) is 0 Å². The summed E-state index contributed by atoms with van der Waals surface area (Å²) in [4.78, 5) is 0. The molecule has 1 atom stereocenters. The zero-order valence-corrected chi connectivity index (χ0v) is 16.5. The van der Waals surface area contributed by atoms with Crippen LogP contribution in [0.5, 0.6) is 0 Å². The second kappa shape index (κ2) is 9.82. The van der Waals surface area contributed by atoms with E-state index in [0.29, 0.717) is 6.54 Å². The Hall–Kier alpha value is -2.53. The standard InChI is InChI=1S/C21H26N4S/c1-16-11-9-10-14-20(16)21(26-18(3)22-4)15-25(23-5)24-17(2)19-12-7-6-8-13-19/h6-14,21-22H,3,5,15H2,1-2,4H3/b24-17+. The topological polar surface area (TPSA) is 40.0 Å². The zero-order chi connectivity index (χ0) is 18.9. The van der Waals surface area contributed by atoms with Crippen LogP contribution in [0, 0.1) is 6.92 Å². The zero-order valence-electron chi connectivity index (χ0n) is 15.6. The molecule has 2 aromatic rings. The van der Waals surface area contributed by atoms with E-state index in [-0.39, 0.29) is 5.25 Å². The lowest BCUT2D eigenvalue weighted by atomic mass is 10.1. The molecule has 0 amide bonds. The number of thioether (sulfide) groups is 1. The summed E-state index contributed by atoms with van der Waals surface area (Å²) in [6.07, 6.45) is 0. The molecule has 0 saturated heterocycles. The van der Waals surface area contributed by atoms with Crippen molar-refractivity contribution in [2.45, 2.75) is 19.1 Å². The van der Waals surface area contributed by atoms with Gasteiger partial charge in [-0.15, -0.1) is 0 Å². The normalized spacial score (nSPS) is 12.3. The van der Waals surface area contributed by atoms with Crippen molar-refractivity contribution in [1.82, 2.24) is 10.4 Å². The van der Waals surface area contributed by atoms with Gasteiger partial charge in [-0.2, -0.15) is 15.3 Å². The predicted molar refractivity (Wildman–Crippen MR) is 115 cm³/mol. The van der Waals surface area contributed by atoms with Gasteiger partial charge in [-0.1, -0.05) is 72.9 Å². The number of hydrogen-bond donors (Lipinski definition) is 1. The van der Waals surface area contributed by atoms with Crippen LogP contribution in [0.1, 0.15) is 28.9 Å². The molecule has 4 nitrogen and oxygen atoms in total. The van der Waals surface area contributed by atoms with Gasteiger partial charge in [-0.05, 0) is 30.5 Å². The third-order valence-corrected chi connectivity index (χ3v) is 5.22. The molecular formula is C21H26N4S. The number of nitrogens with zero attached hydrogens (tertiary/aromatic N) is 3. The number of nitrogens with one attached hydrogen (secondary N) is 1. The van der Waals surface area contributed by atoms with Crippen LogP contribution in [0.25, 0.3) is 0 Å². The lowest BCUT2D eigenvalue weighted by Crippen LogP contribution is -2.20. The molecule has 1 unspecified atom stereocenters. The molecule has 0 aromatic heterocycles. The van der Waals surface area contributed by atoms with Crippen LogP contribution in [-0.2, 0) is 0 Å². The average Bonchev–Trinajstić information content (AvgIpc) is 2.67. The van der Waals surface area contributed by atoms with Gasteiger partial charge < -0.3 is 5.32 Å². The fourth-order valence-electron chi connectivity index (χ4n) is 2.57. The largest absolute Gasteiger partial charge is 0.383 e. The van der Waals surface area contributed by atoms with E-state index in [2.05, 4.69) is 60.0 Å². The van der Waals surface area contributed by atoms with E-state index in [1.807, 2.05) is 44.3 Å². The van der Waals surface area contributed by atoms with E-state index in [9.17, 15) is 0 Å². The second-order valence-electron chi connectivity index (χ2n) is 5.88. The lowest BCUT2D eigenvalue weighted by Gasteiger charge is -2.24. The Morgan fingerprint density at radius 2 is 1.81 bits per heavy atom. The van der Waals surface area contributed by atoms with Crippen molar-refractivity contribution < 1.29 is 0 Å². The molecule has 0 aliphatic rings. The van der Waals surface area contributed by atoms with Crippen molar-refractivity contribution in [3.05, 3.63) is 82.9 Å². The van der Waals surface area contributed by atoms with Crippen LogP contribution in [0.4, 0.5) is 0 Å². The van der Waals surface area contributed by atoms with Gasteiger partial charge in [0.05, 0.1) is 22.5 Å². The van der Waals surface area contributed by atoms with Gasteiger partial charge in [0.1, 0.15) is 0 Å². The van der Waals surface area contributed by atoms with E-state index in [1.165, 1.54) is 11.1 Å².